The van der Waals surface area contributed by atoms with Crippen LogP contribution in [-0.2, 0) is 14.3 Å². The number of carbonyl (C=O) groups excluding carboxylic acids is 2. The fourth-order valence-corrected chi connectivity index (χ4v) is 5.46. The minimum Gasteiger partial charge on any atom is -0.497 e. The Labute approximate surface area is 157 Å². The van der Waals surface area contributed by atoms with E-state index in [1.165, 1.54) is 12.2 Å². The summed E-state index contributed by atoms with van der Waals surface area (Å²) in [6.07, 6.45) is 3.81. The molecule has 2 atom stereocenters. The third-order valence-corrected chi connectivity index (χ3v) is 6.93. The molecule has 0 saturated carbocycles. The number of carbonyl (C=O) groups is 2. The van der Waals surface area contributed by atoms with Crippen molar-refractivity contribution in [2.24, 2.45) is 0 Å². The highest BCUT2D eigenvalue weighted by molar-refractivity contribution is 8.77. The molecule has 0 aliphatic carbocycles. The normalized spacial score (nSPS) is 17.8. The smallest absolute Gasteiger partial charge is 0.306 e. The zero-order valence-corrected chi connectivity index (χ0v) is 16.3. The quantitative estimate of drug-likeness (QED) is 0.390. The summed E-state index contributed by atoms with van der Waals surface area (Å²) in [6, 6.07) is 7.00. The van der Waals surface area contributed by atoms with E-state index in [-0.39, 0.29) is 11.9 Å². The van der Waals surface area contributed by atoms with Gasteiger partial charge in [-0.05, 0) is 50.5 Å². The monoisotopic (exact) mass is 383 g/mol. The second kappa shape index (κ2) is 10.6. The topological polar surface area (TPSA) is 64.6 Å². The van der Waals surface area contributed by atoms with Crippen LogP contribution in [0.2, 0.25) is 0 Å². The fourth-order valence-electron chi connectivity index (χ4n) is 2.43. The average Bonchev–Trinajstić information content (AvgIpc) is 3.12. The van der Waals surface area contributed by atoms with Crippen LogP contribution >= 0.6 is 21.6 Å². The molecule has 25 heavy (non-hydrogen) atoms. The highest BCUT2D eigenvalue weighted by atomic mass is 33.1. The third-order valence-electron chi connectivity index (χ3n) is 3.92. The number of ether oxygens (including phenoxy) is 2. The van der Waals surface area contributed by atoms with Crippen molar-refractivity contribution < 1.29 is 19.1 Å². The van der Waals surface area contributed by atoms with Crippen LogP contribution in [0.15, 0.2) is 24.3 Å². The van der Waals surface area contributed by atoms with Gasteiger partial charge in [0.15, 0.2) is 6.10 Å². The molecule has 0 spiro atoms. The summed E-state index contributed by atoms with van der Waals surface area (Å²) in [4.78, 5) is 23.9. The molecule has 1 fully saturated rings. The molecule has 1 aliphatic heterocycles. The van der Waals surface area contributed by atoms with E-state index in [9.17, 15) is 9.59 Å². The van der Waals surface area contributed by atoms with Gasteiger partial charge in [0.2, 0.25) is 0 Å². The molecular weight excluding hydrogens is 358 g/mol. The van der Waals surface area contributed by atoms with Crippen molar-refractivity contribution in [2.45, 2.75) is 50.4 Å². The van der Waals surface area contributed by atoms with Gasteiger partial charge in [0.25, 0.3) is 5.91 Å². The lowest BCUT2D eigenvalue weighted by Crippen LogP contribution is -2.29. The van der Waals surface area contributed by atoms with Gasteiger partial charge >= 0.3 is 5.97 Å². The van der Waals surface area contributed by atoms with Gasteiger partial charge in [-0.15, -0.1) is 0 Å². The van der Waals surface area contributed by atoms with Gasteiger partial charge in [-0.3, -0.25) is 9.59 Å². The minimum atomic E-state index is -0.809. The molecule has 138 valence electrons. The molecule has 0 aromatic heterocycles. The molecule has 5 nitrogen and oxygen atoms in total. The second-order valence-corrected chi connectivity index (χ2v) is 8.71. The first-order valence-electron chi connectivity index (χ1n) is 8.51. The Morgan fingerprint density at radius 1 is 1.28 bits per heavy atom. The fraction of sp³-hybridized carbons (Fsp3) is 0.556. The van der Waals surface area contributed by atoms with E-state index in [1.807, 2.05) is 21.6 Å². The number of nitrogens with one attached hydrogen (secondary N) is 1. The highest BCUT2D eigenvalue weighted by Crippen LogP contribution is 2.39. The van der Waals surface area contributed by atoms with E-state index >= 15 is 0 Å². The van der Waals surface area contributed by atoms with Crippen molar-refractivity contribution in [1.82, 2.24) is 0 Å². The number of amides is 1. The summed E-state index contributed by atoms with van der Waals surface area (Å²) >= 11 is 0. The highest BCUT2D eigenvalue weighted by Gasteiger charge is 2.19. The zero-order valence-electron chi connectivity index (χ0n) is 14.7. The first-order valence-corrected chi connectivity index (χ1v) is 10.9. The standard InChI is InChI=1S/C18H25NO4S2/c1-13(18(21)19-14-7-9-15(22-2)10-8-14)23-17(20)6-4-3-5-16-11-12-24-25-16/h7-10,13,16H,3-6,11-12H2,1-2H3,(H,19,21)/t13-,16-/m0/s1. The van der Waals surface area contributed by atoms with Crippen LogP contribution in [0.3, 0.4) is 0 Å². The number of hydrogen-bond acceptors (Lipinski definition) is 6. The van der Waals surface area contributed by atoms with Crippen LogP contribution in [0, 0.1) is 0 Å². The van der Waals surface area contributed by atoms with Crippen molar-refractivity contribution in [3.63, 3.8) is 0 Å². The Morgan fingerprint density at radius 3 is 2.68 bits per heavy atom. The Morgan fingerprint density at radius 2 is 2.04 bits per heavy atom. The van der Waals surface area contributed by atoms with Gasteiger partial charge in [-0.25, -0.2) is 0 Å². The van der Waals surface area contributed by atoms with E-state index < -0.39 is 6.10 Å². The number of unbranched alkanes of at least 4 members (excludes halogenated alkanes) is 1. The summed E-state index contributed by atoms with van der Waals surface area (Å²) < 4.78 is 10.3. The van der Waals surface area contributed by atoms with Gasteiger partial charge < -0.3 is 14.8 Å². The number of hydrogen-bond donors (Lipinski definition) is 1. The zero-order chi connectivity index (χ0) is 18.1. The van der Waals surface area contributed by atoms with Gasteiger partial charge in [0.05, 0.1) is 7.11 Å². The van der Waals surface area contributed by atoms with Crippen LogP contribution in [0.4, 0.5) is 5.69 Å². The molecule has 1 N–H and O–H groups in total. The Kier molecular flexibility index (Phi) is 8.48. The Bertz CT molecular complexity index is 559. The molecule has 1 aliphatic rings. The summed E-state index contributed by atoms with van der Waals surface area (Å²) in [7, 11) is 5.48. The predicted octanol–water partition coefficient (Wildman–Crippen LogP) is 4.28. The van der Waals surface area contributed by atoms with Crippen molar-refractivity contribution >= 4 is 39.2 Å². The van der Waals surface area contributed by atoms with Crippen molar-refractivity contribution in [3.05, 3.63) is 24.3 Å². The van der Waals surface area contributed by atoms with Crippen LogP contribution in [-0.4, -0.2) is 36.1 Å². The van der Waals surface area contributed by atoms with Crippen LogP contribution in [0.25, 0.3) is 0 Å². The number of anilines is 1. The summed E-state index contributed by atoms with van der Waals surface area (Å²) in [5, 5.41) is 3.46. The molecule has 7 heteroatoms. The van der Waals surface area contributed by atoms with Gasteiger partial charge in [-0.1, -0.05) is 28.0 Å². The Hall–Kier alpha value is -1.34. The number of methoxy groups -OCH3 is 1. The van der Waals surface area contributed by atoms with E-state index in [1.54, 1.807) is 38.3 Å². The van der Waals surface area contributed by atoms with Gasteiger partial charge in [0, 0.05) is 23.1 Å². The number of benzene rings is 1. The summed E-state index contributed by atoms with van der Waals surface area (Å²) in [5.74, 6) is 1.30. The summed E-state index contributed by atoms with van der Waals surface area (Å²) in [5.41, 5.74) is 0.639. The predicted molar refractivity (Wildman–Crippen MR) is 104 cm³/mol. The second-order valence-electron chi connectivity index (χ2n) is 5.92. The van der Waals surface area contributed by atoms with Crippen LogP contribution < -0.4 is 10.1 Å². The molecule has 1 saturated heterocycles. The third kappa shape index (κ3) is 7.20. The van der Waals surface area contributed by atoms with Crippen molar-refractivity contribution in [3.8, 4) is 5.75 Å². The molecule has 0 unspecified atom stereocenters. The summed E-state index contributed by atoms with van der Waals surface area (Å²) in [6.45, 7) is 1.59. The van der Waals surface area contributed by atoms with Gasteiger partial charge in [0.1, 0.15) is 5.75 Å². The lowest BCUT2D eigenvalue weighted by molar-refractivity contribution is -0.153. The number of rotatable bonds is 9. The maximum absolute atomic E-state index is 12.1. The molecular formula is C18H25NO4S2. The largest absolute Gasteiger partial charge is 0.497 e. The van der Waals surface area contributed by atoms with E-state index in [0.29, 0.717) is 17.9 Å². The van der Waals surface area contributed by atoms with Crippen molar-refractivity contribution in [1.29, 1.82) is 0 Å². The first kappa shape index (κ1) is 20.0. The SMILES string of the molecule is COc1ccc(NC(=O)[C@H](C)OC(=O)CCCC[C@H]2CCSS2)cc1. The molecule has 2 rings (SSSR count). The molecule has 0 radical (unpaired) electrons. The molecule has 1 amide bonds. The van der Waals surface area contributed by atoms with Gasteiger partial charge in [-0.2, -0.15) is 0 Å². The Balaban J connectivity index is 1.63. The van der Waals surface area contributed by atoms with E-state index in [2.05, 4.69) is 5.32 Å². The minimum absolute atomic E-state index is 0.314. The average molecular weight is 384 g/mol. The van der Waals surface area contributed by atoms with E-state index in [4.69, 9.17) is 9.47 Å². The number of esters is 1. The van der Waals surface area contributed by atoms with Crippen LogP contribution in [0.5, 0.6) is 5.75 Å². The maximum Gasteiger partial charge on any atom is 0.306 e. The van der Waals surface area contributed by atoms with Crippen molar-refractivity contribution in [2.75, 3.05) is 18.2 Å². The molecule has 1 aromatic carbocycles. The molecule has 1 heterocycles. The lowest BCUT2D eigenvalue weighted by atomic mass is 10.1. The van der Waals surface area contributed by atoms with Crippen LogP contribution in [0.1, 0.15) is 39.0 Å². The molecule has 1 aromatic rings. The molecule has 0 bridgehead atoms. The first-order chi connectivity index (χ1) is 12.1. The lowest BCUT2D eigenvalue weighted by Gasteiger charge is -2.14. The van der Waals surface area contributed by atoms with E-state index in [0.717, 1.165) is 24.5 Å². The maximum atomic E-state index is 12.1.